The van der Waals surface area contributed by atoms with Crippen LogP contribution in [0, 0.1) is 11.6 Å². The Morgan fingerprint density at radius 3 is 2.82 bits per heavy atom. The van der Waals surface area contributed by atoms with E-state index in [0.717, 1.165) is 18.6 Å². The Hall–Kier alpha value is -1.01. The van der Waals surface area contributed by atoms with E-state index in [1.807, 2.05) is 0 Å². The summed E-state index contributed by atoms with van der Waals surface area (Å²) in [5, 5.41) is 2.40. The molecule has 1 aromatic carbocycles. The van der Waals surface area contributed by atoms with Gasteiger partial charge in [0.05, 0.1) is 5.69 Å². The number of rotatable bonds is 2. The van der Waals surface area contributed by atoms with Gasteiger partial charge in [-0.1, -0.05) is 0 Å². The molecule has 0 aliphatic carbocycles. The first-order valence-electron chi connectivity index (χ1n) is 5.15. The summed E-state index contributed by atoms with van der Waals surface area (Å²) in [5.41, 5.74) is -0.0631. The van der Waals surface area contributed by atoms with Crippen molar-refractivity contribution in [2.45, 2.75) is 18.9 Å². The minimum absolute atomic E-state index is 0.0631. The van der Waals surface area contributed by atoms with E-state index in [2.05, 4.69) is 21.2 Å². The van der Waals surface area contributed by atoms with Gasteiger partial charge in [-0.2, -0.15) is 0 Å². The van der Waals surface area contributed by atoms with Gasteiger partial charge < -0.3 is 10.1 Å². The topological polar surface area (TPSA) is 38.3 Å². The molecule has 2 rings (SSSR count). The molecule has 1 amide bonds. The summed E-state index contributed by atoms with van der Waals surface area (Å²) in [7, 11) is 0. The number of carbonyl (C=O) groups excluding carboxylic acids is 1. The lowest BCUT2D eigenvalue weighted by Gasteiger charge is -2.12. The number of hydrogen-bond acceptors (Lipinski definition) is 2. The molecule has 1 heterocycles. The molecule has 3 nitrogen and oxygen atoms in total. The molecule has 1 saturated heterocycles. The van der Waals surface area contributed by atoms with Gasteiger partial charge in [0.2, 0.25) is 0 Å². The summed E-state index contributed by atoms with van der Waals surface area (Å²) in [4.78, 5) is 11.7. The second-order valence-electron chi connectivity index (χ2n) is 3.74. The van der Waals surface area contributed by atoms with Crippen molar-refractivity contribution in [2.24, 2.45) is 0 Å². The van der Waals surface area contributed by atoms with Crippen molar-refractivity contribution in [3.63, 3.8) is 0 Å². The van der Waals surface area contributed by atoms with Crippen LogP contribution in [-0.2, 0) is 9.53 Å². The minimum atomic E-state index is -0.816. The van der Waals surface area contributed by atoms with Crippen LogP contribution in [0.4, 0.5) is 14.5 Å². The fourth-order valence-electron chi connectivity index (χ4n) is 1.65. The van der Waals surface area contributed by atoms with Crippen LogP contribution < -0.4 is 5.32 Å². The number of carbonyl (C=O) groups is 1. The second-order valence-corrected chi connectivity index (χ2v) is 4.59. The quantitative estimate of drug-likeness (QED) is 0.912. The molecule has 92 valence electrons. The van der Waals surface area contributed by atoms with Crippen LogP contribution in [0.15, 0.2) is 16.6 Å². The minimum Gasteiger partial charge on any atom is -0.368 e. The predicted octanol–water partition coefficient (Wildman–Crippen LogP) is 2.84. The normalized spacial score (nSPS) is 19.4. The maximum atomic E-state index is 13.4. The molecule has 0 radical (unpaired) electrons. The lowest BCUT2D eigenvalue weighted by molar-refractivity contribution is -0.124. The van der Waals surface area contributed by atoms with Gasteiger partial charge in [-0.15, -0.1) is 0 Å². The van der Waals surface area contributed by atoms with Gasteiger partial charge in [-0.3, -0.25) is 4.79 Å². The van der Waals surface area contributed by atoms with Gasteiger partial charge in [0.1, 0.15) is 11.9 Å². The molecule has 0 saturated carbocycles. The zero-order valence-electron chi connectivity index (χ0n) is 8.80. The molecule has 0 spiro atoms. The van der Waals surface area contributed by atoms with Crippen molar-refractivity contribution >= 4 is 27.5 Å². The number of halogens is 3. The first kappa shape index (κ1) is 12.4. The first-order valence-corrected chi connectivity index (χ1v) is 5.94. The van der Waals surface area contributed by atoms with Gasteiger partial charge in [0.25, 0.3) is 5.91 Å². The zero-order valence-corrected chi connectivity index (χ0v) is 10.4. The van der Waals surface area contributed by atoms with Crippen molar-refractivity contribution in [1.29, 1.82) is 0 Å². The molecule has 1 aliphatic rings. The highest BCUT2D eigenvalue weighted by Gasteiger charge is 2.25. The summed E-state index contributed by atoms with van der Waals surface area (Å²) in [6, 6.07) is 1.81. The van der Waals surface area contributed by atoms with E-state index in [1.54, 1.807) is 0 Å². The van der Waals surface area contributed by atoms with Gasteiger partial charge >= 0.3 is 0 Å². The monoisotopic (exact) mass is 305 g/mol. The van der Waals surface area contributed by atoms with E-state index in [0.29, 0.717) is 13.0 Å². The fraction of sp³-hybridized carbons (Fsp3) is 0.364. The Balaban J connectivity index is 2.15. The van der Waals surface area contributed by atoms with Crippen molar-refractivity contribution in [1.82, 2.24) is 0 Å². The second kappa shape index (κ2) is 5.10. The van der Waals surface area contributed by atoms with Gasteiger partial charge in [-0.05, 0) is 34.8 Å². The van der Waals surface area contributed by atoms with E-state index < -0.39 is 23.6 Å². The fourth-order valence-corrected chi connectivity index (χ4v) is 2.16. The summed E-state index contributed by atoms with van der Waals surface area (Å²) < 4.78 is 31.6. The summed E-state index contributed by atoms with van der Waals surface area (Å²) in [6.07, 6.45) is 0.878. The molecule has 1 atom stereocenters. The van der Waals surface area contributed by atoms with Crippen LogP contribution in [0.2, 0.25) is 0 Å². The maximum Gasteiger partial charge on any atom is 0.253 e. The molecule has 0 unspecified atom stereocenters. The largest absolute Gasteiger partial charge is 0.368 e. The van der Waals surface area contributed by atoms with Crippen LogP contribution in [-0.4, -0.2) is 18.6 Å². The molecule has 6 heteroatoms. The Morgan fingerprint density at radius 1 is 1.47 bits per heavy atom. The lowest BCUT2D eigenvalue weighted by atomic mass is 10.2. The Labute approximate surface area is 105 Å². The maximum absolute atomic E-state index is 13.4. The van der Waals surface area contributed by atoms with Crippen LogP contribution >= 0.6 is 15.9 Å². The van der Waals surface area contributed by atoms with Gasteiger partial charge in [-0.25, -0.2) is 8.78 Å². The average Bonchev–Trinajstić information content (AvgIpc) is 2.76. The molecule has 1 aromatic rings. The van der Waals surface area contributed by atoms with Crippen LogP contribution in [0.3, 0.4) is 0 Å². The number of benzene rings is 1. The summed E-state index contributed by atoms with van der Waals surface area (Å²) in [6.45, 7) is 0.533. The van der Waals surface area contributed by atoms with Gasteiger partial charge in [0, 0.05) is 17.1 Å². The standard InChI is InChI=1S/C11H10BrF2NO2/c12-7-4-6(13)5-8(14)10(7)15-11(16)9-2-1-3-17-9/h4-5,9H,1-3H2,(H,15,16)/t9-/m0/s1. The van der Waals surface area contributed by atoms with Gasteiger partial charge in [0.15, 0.2) is 5.82 Å². The SMILES string of the molecule is O=C(Nc1c(F)cc(F)cc1Br)[C@@H]1CCCO1. The molecular weight excluding hydrogens is 296 g/mol. The van der Waals surface area contributed by atoms with E-state index >= 15 is 0 Å². The highest BCUT2D eigenvalue weighted by atomic mass is 79.9. The molecular formula is C11H10BrF2NO2. The molecule has 17 heavy (non-hydrogen) atoms. The third-order valence-corrected chi connectivity index (χ3v) is 3.10. The third-order valence-electron chi connectivity index (χ3n) is 2.48. The van der Waals surface area contributed by atoms with Crippen molar-refractivity contribution in [3.05, 3.63) is 28.2 Å². The molecule has 0 aromatic heterocycles. The molecule has 0 bridgehead atoms. The number of amides is 1. The molecule has 1 N–H and O–H groups in total. The number of nitrogens with one attached hydrogen (secondary N) is 1. The Bertz CT molecular complexity index is 424. The first-order chi connectivity index (χ1) is 8.08. The summed E-state index contributed by atoms with van der Waals surface area (Å²) >= 11 is 3.00. The smallest absolute Gasteiger partial charge is 0.253 e. The van der Waals surface area contributed by atoms with Crippen LogP contribution in [0.5, 0.6) is 0 Å². The lowest BCUT2D eigenvalue weighted by Crippen LogP contribution is -2.27. The van der Waals surface area contributed by atoms with Crippen molar-refractivity contribution in [2.75, 3.05) is 11.9 Å². The Morgan fingerprint density at radius 2 is 2.24 bits per heavy atom. The van der Waals surface area contributed by atoms with Crippen molar-refractivity contribution < 1.29 is 18.3 Å². The predicted molar refractivity (Wildman–Crippen MR) is 61.7 cm³/mol. The number of anilines is 1. The van der Waals surface area contributed by atoms with E-state index in [9.17, 15) is 13.6 Å². The third kappa shape index (κ3) is 2.81. The highest BCUT2D eigenvalue weighted by molar-refractivity contribution is 9.10. The van der Waals surface area contributed by atoms with Crippen molar-refractivity contribution in [3.8, 4) is 0 Å². The zero-order chi connectivity index (χ0) is 12.4. The highest BCUT2D eigenvalue weighted by Crippen LogP contribution is 2.27. The summed E-state index contributed by atoms with van der Waals surface area (Å²) in [5.74, 6) is -1.93. The van der Waals surface area contributed by atoms with Crippen LogP contribution in [0.25, 0.3) is 0 Å². The Kier molecular flexibility index (Phi) is 3.73. The van der Waals surface area contributed by atoms with Crippen LogP contribution in [0.1, 0.15) is 12.8 Å². The average molecular weight is 306 g/mol. The van der Waals surface area contributed by atoms with E-state index in [1.165, 1.54) is 0 Å². The molecule has 1 aliphatic heterocycles. The molecule has 1 fully saturated rings. The number of hydrogen-bond donors (Lipinski definition) is 1. The van der Waals surface area contributed by atoms with E-state index in [4.69, 9.17) is 4.74 Å². The number of ether oxygens (including phenoxy) is 1. The van der Waals surface area contributed by atoms with E-state index in [-0.39, 0.29) is 10.2 Å².